The van der Waals surface area contributed by atoms with E-state index in [1.54, 1.807) is 12.1 Å². The molecule has 1 aromatic heterocycles. The van der Waals surface area contributed by atoms with Crippen LogP contribution in [0.3, 0.4) is 0 Å². The van der Waals surface area contributed by atoms with Crippen molar-refractivity contribution in [3.63, 3.8) is 0 Å². The Bertz CT molecular complexity index is 832. The van der Waals surface area contributed by atoms with E-state index in [1.165, 1.54) is 0 Å². The first kappa shape index (κ1) is 21.9. The molecule has 29 heavy (non-hydrogen) atoms. The lowest BCUT2D eigenvalue weighted by Gasteiger charge is -2.37. The fourth-order valence-electron chi connectivity index (χ4n) is 3.82. The van der Waals surface area contributed by atoms with Gasteiger partial charge >= 0.3 is 0 Å². The number of hydrogen-bond donors (Lipinski definition) is 1. The fourth-order valence-corrected chi connectivity index (χ4v) is 4.41. The highest BCUT2D eigenvalue weighted by Gasteiger charge is 2.42. The second-order valence-corrected chi connectivity index (χ2v) is 8.04. The molecule has 1 N–H and O–H groups in total. The number of hydrogen-bond acceptors (Lipinski definition) is 4. The number of anilines is 1. The van der Waals surface area contributed by atoms with Crippen molar-refractivity contribution in [3.8, 4) is 0 Å². The molecule has 1 aliphatic heterocycles. The number of carbonyl (C=O) groups excluding carboxylic acids is 1. The summed E-state index contributed by atoms with van der Waals surface area (Å²) in [7, 11) is 0. The van der Waals surface area contributed by atoms with Gasteiger partial charge in [0.15, 0.2) is 0 Å². The van der Waals surface area contributed by atoms with Crippen LogP contribution in [0.1, 0.15) is 37.8 Å². The third-order valence-corrected chi connectivity index (χ3v) is 6.13. The molecule has 2 aromatic rings. The predicted molar refractivity (Wildman–Crippen MR) is 118 cm³/mol. The Morgan fingerprint density at radius 3 is 2.48 bits per heavy atom. The first-order chi connectivity index (χ1) is 14.0. The number of benzene rings is 1. The highest BCUT2D eigenvalue weighted by Crippen LogP contribution is 2.40. The summed E-state index contributed by atoms with van der Waals surface area (Å²) in [6.45, 7) is 7.48. The topological polar surface area (TPSA) is 54.5 Å². The van der Waals surface area contributed by atoms with Crippen LogP contribution in [0.15, 0.2) is 36.5 Å². The number of pyridine rings is 1. The Labute approximate surface area is 182 Å². The number of halogens is 2. The van der Waals surface area contributed by atoms with Crippen molar-refractivity contribution in [1.82, 2.24) is 10.3 Å². The molecule has 5 nitrogen and oxygen atoms in total. The minimum absolute atomic E-state index is 0.0437. The van der Waals surface area contributed by atoms with E-state index in [0.29, 0.717) is 42.6 Å². The van der Waals surface area contributed by atoms with Crippen molar-refractivity contribution in [2.24, 2.45) is 0 Å². The van der Waals surface area contributed by atoms with E-state index < -0.39 is 5.41 Å². The zero-order valence-electron chi connectivity index (χ0n) is 16.9. The summed E-state index contributed by atoms with van der Waals surface area (Å²) < 4.78 is 5.52. The molecule has 7 heteroatoms. The summed E-state index contributed by atoms with van der Waals surface area (Å²) in [6.07, 6.45) is 2.98. The first-order valence-electron chi connectivity index (χ1n) is 10.0. The van der Waals surface area contributed by atoms with Crippen LogP contribution in [0, 0.1) is 0 Å². The summed E-state index contributed by atoms with van der Waals surface area (Å²) in [6, 6.07) is 9.33. The molecule has 0 aliphatic carbocycles. The largest absolute Gasteiger partial charge is 0.381 e. The molecule has 1 fully saturated rings. The van der Waals surface area contributed by atoms with Gasteiger partial charge in [0.1, 0.15) is 5.82 Å². The smallest absolute Gasteiger partial charge is 0.231 e. The van der Waals surface area contributed by atoms with Crippen LogP contribution in [0.5, 0.6) is 0 Å². The second-order valence-electron chi connectivity index (χ2n) is 7.20. The third-order valence-electron chi connectivity index (χ3n) is 5.58. The normalized spacial score (nSPS) is 15.7. The van der Waals surface area contributed by atoms with Gasteiger partial charge in [0.2, 0.25) is 5.91 Å². The highest BCUT2D eigenvalue weighted by molar-refractivity contribution is 6.35. The van der Waals surface area contributed by atoms with E-state index in [4.69, 9.17) is 27.9 Å². The van der Waals surface area contributed by atoms with E-state index >= 15 is 0 Å². The van der Waals surface area contributed by atoms with Crippen LogP contribution in [0.2, 0.25) is 10.0 Å². The van der Waals surface area contributed by atoms with E-state index in [2.05, 4.69) is 29.0 Å². The molecule has 0 spiro atoms. The maximum atomic E-state index is 13.3. The molecule has 1 aromatic carbocycles. The number of carbonyl (C=O) groups is 1. The Morgan fingerprint density at radius 2 is 1.90 bits per heavy atom. The van der Waals surface area contributed by atoms with Crippen molar-refractivity contribution in [2.75, 3.05) is 31.2 Å². The molecule has 0 unspecified atom stereocenters. The summed E-state index contributed by atoms with van der Waals surface area (Å²) in [5, 5.41) is 4.16. The van der Waals surface area contributed by atoms with Crippen LogP contribution in [0.25, 0.3) is 0 Å². The number of aromatic nitrogens is 1. The Kier molecular flexibility index (Phi) is 7.38. The van der Waals surface area contributed by atoms with Crippen molar-refractivity contribution in [3.05, 3.63) is 57.7 Å². The SMILES string of the molecule is CCN(CC)c1ccc(CNC(=O)C2(c3ccc(Cl)cc3Cl)CCOCC2)cn1. The average molecular weight is 436 g/mol. The van der Waals surface area contributed by atoms with E-state index in [1.807, 2.05) is 24.4 Å². The monoisotopic (exact) mass is 435 g/mol. The van der Waals surface area contributed by atoms with Crippen LogP contribution in [-0.2, 0) is 21.5 Å². The minimum Gasteiger partial charge on any atom is -0.381 e. The number of nitrogens with zero attached hydrogens (tertiary/aromatic N) is 2. The van der Waals surface area contributed by atoms with Gasteiger partial charge in [0.05, 0.1) is 5.41 Å². The maximum absolute atomic E-state index is 13.3. The number of ether oxygens (including phenoxy) is 1. The summed E-state index contributed by atoms with van der Waals surface area (Å²) >= 11 is 12.5. The lowest BCUT2D eigenvalue weighted by Crippen LogP contribution is -2.48. The van der Waals surface area contributed by atoms with Gasteiger partial charge < -0.3 is 15.0 Å². The van der Waals surface area contributed by atoms with Gasteiger partial charge in [-0.15, -0.1) is 0 Å². The summed E-state index contributed by atoms with van der Waals surface area (Å²) in [5.74, 6) is 0.900. The van der Waals surface area contributed by atoms with Crippen molar-refractivity contribution >= 4 is 34.9 Å². The lowest BCUT2D eigenvalue weighted by molar-refractivity contribution is -0.130. The summed E-state index contributed by atoms with van der Waals surface area (Å²) in [4.78, 5) is 20.0. The Balaban J connectivity index is 1.76. The Hall–Kier alpha value is -1.82. The van der Waals surface area contributed by atoms with Crippen molar-refractivity contribution < 1.29 is 9.53 Å². The highest BCUT2D eigenvalue weighted by atomic mass is 35.5. The maximum Gasteiger partial charge on any atom is 0.231 e. The molecule has 0 saturated carbocycles. The van der Waals surface area contributed by atoms with Gasteiger partial charge in [-0.25, -0.2) is 4.98 Å². The van der Waals surface area contributed by atoms with Gasteiger partial charge in [-0.1, -0.05) is 35.3 Å². The fraction of sp³-hybridized carbons (Fsp3) is 0.455. The standard InChI is InChI=1S/C22H27Cl2N3O2/c1-3-27(4-2)20-8-5-16(14-25-20)15-26-21(28)22(9-11-29-12-10-22)18-7-6-17(23)13-19(18)24/h5-8,13-14H,3-4,9-12,15H2,1-2H3,(H,26,28). The van der Waals surface area contributed by atoms with Gasteiger partial charge in [-0.3, -0.25) is 4.79 Å². The van der Waals surface area contributed by atoms with E-state index in [9.17, 15) is 4.79 Å². The minimum atomic E-state index is -0.714. The van der Waals surface area contributed by atoms with Gasteiger partial charge in [0.25, 0.3) is 0 Å². The molecule has 156 valence electrons. The predicted octanol–water partition coefficient (Wildman–Crippen LogP) is 4.60. The molecule has 2 heterocycles. The molecule has 0 atom stereocenters. The molecular weight excluding hydrogens is 409 g/mol. The van der Waals surface area contributed by atoms with Crippen LogP contribution < -0.4 is 10.2 Å². The zero-order chi connectivity index (χ0) is 20.9. The molecular formula is C22H27Cl2N3O2. The van der Waals surface area contributed by atoms with Gasteiger partial charge in [-0.05, 0) is 56.0 Å². The average Bonchev–Trinajstić information content (AvgIpc) is 2.74. The third kappa shape index (κ3) is 4.85. The summed E-state index contributed by atoms with van der Waals surface area (Å²) in [5.41, 5.74) is 1.05. The van der Waals surface area contributed by atoms with Crippen LogP contribution in [0.4, 0.5) is 5.82 Å². The number of amides is 1. The first-order valence-corrected chi connectivity index (χ1v) is 10.8. The van der Waals surface area contributed by atoms with E-state index in [0.717, 1.165) is 30.0 Å². The Morgan fingerprint density at radius 1 is 1.17 bits per heavy atom. The quantitative estimate of drug-likeness (QED) is 0.690. The van der Waals surface area contributed by atoms with Crippen LogP contribution in [-0.4, -0.2) is 37.2 Å². The lowest BCUT2D eigenvalue weighted by atomic mass is 9.73. The molecule has 0 radical (unpaired) electrons. The van der Waals surface area contributed by atoms with E-state index in [-0.39, 0.29) is 5.91 Å². The van der Waals surface area contributed by atoms with Gasteiger partial charge in [0, 0.05) is 49.1 Å². The van der Waals surface area contributed by atoms with Crippen LogP contribution >= 0.6 is 23.2 Å². The molecule has 0 bridgehead atoms. The van der Waals surface area contributed by atoms with Gasteiger partial charge in [-0.2, -0.15) is 0 Å². The molecule has 1 aliphatic rings. The molecule has 1 amide bonds. The zero-order valence-corrected chi connectivity index (χ0v) is 18.4. The number of rotatable bonds is 7. The second kappa shape index (κ2) is 9.79. The molecule has 3 rings (SSSR count). The number of nitrogens with one attached hydrogen (secondary N) is 1. The van der Waals surface area contributed by atoms with Crippen molar-refractivity contribution in [1.29, 1.82) is 0 Å². The molecule has 1 saturated heterocycles. The van der Waals surface area contributed by atoms with Crippen molar-refractivity contribution in [2.45, 2.75) is 38.6 Å².